The number of H-pyrrole nitrogens is 1. The lowest BCUT2D eigenvalue weighted by Gasteiger charge is -2.35. The molecule has 0 spiro atoms. The van der Waals surface area contributed by atoms with Crippen LogP contribution in [0.15, 0.2) is 27.8 Å². The lowest BCUT2D eigenvalue weighted by Crippen LogP contribution is -2.58. The maximum Gasteiger partial charge on any atom is 0.243 e. The molecule has 0 bridgehead atoms. The minimum atomic E-state index is -0.204. The fraction of sp³-hybridized carbons (Fsp3) is 0.636. The molecular formula is C22H31N9O. The Balaban J connectivity index is 1.23. The Morgan fingerprint density at radius 2 is 2.12 bits per heavy atom. The molecule has 1 aromatic rings. The predicted molar refractivity (Wildman–Crippen MR) is 121 cm³/mol. The third-order valence-corrected chi connectivity index (χ3v) is 6.95. The van der Waals surface area contributed by atoms with E-state index in [4.69, 9.17) is 9.98 Å². The van der Waals surface area contributed by atoms with Crippen molar-refractivity contribution in [2.75, 3.05) is 26.2 Å². The number of piperidine rings is 1. The zero-order valence-corrected chi connectivity index (χ0v) is 18.3. The molecule has 2 saturated heterocycles. The van der Waals surface area contributed by atoms with E-state index in [1.165, 1.54) is 12.8 Å². The summed E-state index contributed by atoms with van der Waals surface area (Å²) in [6, 6.07) is 2.04. The summed E-state index contributed by atoms with van der Waals surface area (Å²) in [5, 5.41) is 16.2. The Morgan fingerprint density at radius 3 is 2.97 bits per heavy atom. The normalized spacial score (nSPS) is 28.9. The summed E-state index contributed by atoms with van der Waals surface area (Å²) in [5.74, 6) is 2.74. The molecule has 1 aliphatic carbocycles. The molecule has 4 N–H and O–H groups in total. The highest BCUT2D eigenvalue weighted by Gasteiger charge is 2.37. The number of nitrogens with zero attached hydrogens (tertiary/aromatic N) is 5. The minimum Gasteiger partial charge on any atom is -0.350 e. The van der Waals surface area contributed by atoms with Gasteiger partial charge in [0.2, 0.25) is 11.9 Å². The molecule has 5 aliphatic rings. The van der Waals surface area contributed by atoms with Crippen LogP contribution in [0.5, 0.6) is 0 Å². The molecule has 1 aromatic heterocycles. The number of carbonyl (C=O) groups is 1. The number of amides is 1. The third kappa shape index (κ3) is 3.87. The highest BCUT2D eigenvalue weighted by atomic mass is 16.2. The number of nitrogens with one attached hydrogen (secondary N) is 4. The van der Waals surface area contributed by atoms with Crippen LogP contribution in [-0.4, -0.2) is 76.1 Å². The molecule has 1 saturated carbocycles. The van der Waals surface area contributed by atoms with E-state index in [0.29, 0.717) is 23.5 Å². The van der Waals surface area contributed by atoms with Gasteiger partial charge in [-0.15, -0.1) is 0 Å². The zero-order chi connectivity index (χ0) is 21.5. The molecule has 4 aliphatic heterocycles. The Bertz CT molecular complexity index is 970. The van der Waals surface area contributed by atoms with Crippen molar-refractivity contribution >= 4 is 23.5 Å². The van der Waals surface area contributed by atoms with E-state index in [1.807, 2.05) is 6.07 Å². The van der Waals surface area contributed by atoms with Crippen molar-refractivity contribution in [3.8, 4) is 0 Å². The lowest BCUT2D eigenvalue weighted by molar-refractivity contribution is -0.125. The van der Waals surface area contributed by atoms with Crippen LogP contribution in [0.3, 0.4) is 0 Å². The van der Waals surface area contributed by atoms with E-state index in [0.717, 1.165) is 69.7 Å². The Kier molecular flexibility index (Phi) is 5.09. The van der Waals surface area contributed by atoms with Crippen LogP contribution in [0.4, 0.5) is 5.82 Å². The molecule has 1 unspecified atom stereocenters. The standard InChI is InChI=1S/C22H31N9O/c32-21(24-15-4-1-9-23-13-15)18-6-2-10-30(18)22-26-20(17-5-3-11-31(17)29-22)25-19-12-16(27-28-19)14-7-8-14/h5,12,14-15,18,23H,1-4,6-11,13H2,(H,24,32)(H2,25,26,27,28,29)/t15?,18-/m0/s1. The maximum absolute atomic E-state index is 13.1. The van der Waals surface area contributed by atoms with E-state index in [-0.39, 0.29) is 18.0 Å². The quantitative estimate of drug-likeness (QED) is 0.561. The van der Waals surface area contributed by atoms with Crippen molar-refractivity contribution in [2.24, 2.45) is 9.98 Å². The Labute approximate surface area is 187 Å². The summed E-state index contributed by atoms with van der Waals surface area (Å²) in [7, 11) is 0. The van der Waals surface area contributed by atoms with Crippen LogP contribution in [-0.2, 0) is 4.79 Å². The van der Waals surface area contributed by atoms with Crippen LogP contribution in [0.1, 0.15) is 56.6 Å². The monoisotopic (exact) mass is 437 g/mol. The lowest BCUT2D eigenvalue weighted by atomic mass is 10.1. The largest absolute Gasteiger partial charge is 0.350 e. The number of carbonyl (C=O) groups excluding carboxylic acids is 1. The highest BCUT2D eigenvalue weighted by Crippen LogP contribution is 2.40. The van der Waals surface area contributed by atoms with Gasteiger partial charge in [-0.05, 0) is 51.5 Å². The third-order valence-electron chi connectivity index (χ3n) is 6.95. The fourth-order valence-corrected chi connectivity index (χ4v) is 5.06. The van der Waals surface area contributed by atoms with Gasteiger partial charge in [-0.25, -0.2) is 4.99 Å². The molecule has 5 heterocycles. The molecule has 0 aromatic carbocycles. The number of fused-ring (bicyclic) bond motifs is 1. The first kappa shape index (κ1) is 19.8. The number of rotatable bonds is 4. The molecule has 10 heteroatoms. The molecule has 3 fully saturated rings. The molecule has 6 rings (SSSR count). The first-order valence-electron chi connectivity index (χ1n) is 12.0. The molecule has 170 valence electrons. The molecule has 1 amide bonds. The van der Waals surface area contributed by atoms with Crippen molar-refractivity contribution in [1.29, 1.82) is 0 Å². The van der Waals surface area contributed by atoms with Crippen LogP contribution < -0.4 is 16.1 Å². The van der Waals surface area contributed by atoms with Gasteiger partial charge in [0.05, 0.1) is 5.70 Å². The second kappa shape index (κ2) is 8.23. The summed E-state index contributed by atoms with van der Waals surface area (Å²) in [5.41, 5.74) is 5.58. The smallest absolute Gasteiger partial charge is 0.243 e. The van der Waals surface area contributed by atoms with E-state index in [9.17, 15) is 4.79 Å². The minimum absolute atomic E-state index is 0.100. The van der Waals surface area contributed by atoms with Gasteiger partial charge < -0.3 is 15.5 Å². The van der Waals surface area contributed by atoms with Gasteiger partial charge in [-0.2, -0.15) is 10.1 Å². The van der Waals surface area contributed by atoms with Crippen molar-refractivity contribution in [1.82, 2.24) is 36.2 Å². The second-order valence-corrected chi connectivity index (χ2v) is 9.37. The Hall–Kier alpha value is -2.88. The van der Waals surface area contributed by atoms with Gasteiger partial charge >= 0.3 is 0 Å². The summed E-state index contributed by atoms with van der Waals surface area (Å²) in [6.45, 7) is 3.55. The topological polar surface area (TPSA) is 113 Å². The van der Waals surface area contributed by atoms with Crippen molar-refractivity contribution < 1.29 is 4.79 Å². The number of likely N-dealkylation sites (tertiary alicyclic amines) is 1. The van der Waals surface area contributed by atoms with Crippen molar-refractivity contribution in [3.63, 3.8) is 0 Å². The number of aliphatic imine (C=N–C) groups is 2. The number of aromatic amines is 1. The highest BCUT2D eigenvalue weighted by molar-refractivity contribution is 6.09. The van der Waals surface area contributed by atoms with Crippen LogP contribution in [0, 0.1) is 0 Å². The Morgan fingerprint density at radius 1 is 1.19 bits per heavy atom. The van der Waals surface area contributed by atoms with E-state index < -0.39 is 0 Å². The van der Waals surface area contributed by atoms with Crippen molar-refractivity contribution in [3.05, 3.63) is 23.5 Å². The fourth-order valence-electron chi connectivity index (χ4n) is 5.06. The van der Waals surface area contributed by atoms with Gasteiger partial charge in [0, 0.05) is 43.4 Å². The first-order valence-corrected chi connectivity index (χ1v) is 12.0. The predicted octanol–water partition coefficient (Wildman–Crippen LogP) is 1.11. The number of hydrogen-bond donors (Lipinski definition) is 4. The van der Waals surface area contributed by atoms with Gasteiger partial charge in [0.15, 0.2) is 11.7 Å². The molecule has 32 heavy (non-hydrogen) atoms. The van der Waals surface area contributed by atoms with Crippen LogP contribution in [0.25, 0.3) is 0 Å². The van der Waals surface area contributed by atoms with E-state index in [2.05, 4.69) is 42.2 Å². The van der Waals surface area contributed by atoms with Gasteiger partial charge in [-0.1, -0.05) is 6.08 Å². The van der Waals surface area contributed by atoms with E-state index in [1.54, 1.807) is 0 Å². The SMILES string of the molecule is O=C(NC1CCCNC1)[C@@H]1CCCN1C1=NC(=Nc2cc(C3CC3)[nH]n2)C2=CCCN2N1. The zero-order valence-electron chi connectivity index (χ0n) is 18.3. The average molecular weight is 438 g/mol. The number of aromatic nitrogens is 2. The van der Waals surface area contributed by atoms with E-state index >= 15 is 0 Å². The molecular weight excluding hydrogens is 406 g/mol. The molecule has 10 nitrogen and oxygen atoms in total. The number of hydrogen-bond acceptors (Lipinski definition) is 7. The summed E-state index contributed by atoms with van der Waals surface area (Å²) >= 11 is 0. The summed E-state index contributed by atoms with van der Waals surface area (Å²) < 4.78 is 0. The number of hydrazine groups is 1. The van der Waals surface area contributed by atoms with Gasteiger partial charge in [-0.3, -0.25) is 20.3 Å². The second-order valence-electron chi connectivity index (χ2n) is 9.37. The summed E-state index contributed by atoms with van der Waals surface area (Å²) in [6.07, 6.45) is 9.49. The average Bonchev–Trinajstić information content (AvgIpc) is 3.20. The van der Waals surface area contributed by atoms with Gasteiger partial charge in [0.25, 0.3) is 0 Å². The molecule has 2 atom stereocenters. The van der Waals surface area contributed by atoms with Gasteiger partial charge in [0.1, 0.15) is 6.04 Å². The number of amidine groups is 1. The van der Waals surface area contributed by atoms with Crippen molar-refractivity contribution in [2.45, 2.75) is 62.9 Å². The first-order chi connectivity index (χ1) is 15.7. The number of guanidine groups is 1. The van der Waals surface area contributed by atoms with Crippen LogP contribution >= 0.6 is 0 Å². The maximum atomic E-state index is 13.1. The summed E-state index contributed by atoms with van der Waals surface area (Å²) in [4.78, 5) is 24.9. The van der Waals surface area contributed by atoms with Crippen LogP contribution in [0.2, 0.25) is 0 Å². The molecule has 0 radical (unpaired) electrons.